The second-order valence-electron chi connectivity index (χ2n) is 7.60. The highest BCUT2D eigenvalue weighted by molar-refractivity contribution is 6.33. The Balaban J connectivity index is 1.50. The molecular formula is C27H20BN3O3. The van der Waals surface area contributed by atoms with Crippen LogP contribution in [0.5, 0.6) is 6.01 Å². The molecule has 5 aromatic rings. The highest BCUT2D eigenvalue weighted by atomic mass is 16.6. The summed E-state index contributed by atoms with van der Waals surface area (Å²) in [5.74, 6) is 0.736. The Hall–Kier alpha value is -4.33. The van der Waals surface area contributed by atoms with Crippen molar-refractivity contribution in [2.24, 2.45) is 0 Å². The molecule has 5 rings (SSSR count). The summed E-state index contributed by atoms with van der Waals surface area (Å²) < 4.78 is 4.97. The van der Waals surface area contributed by atoms with Gasteiger partial charge in [0.1, 0.15) is 0 Å². The van der Waals surface area contributed by atoms with E-state index in [0.29, 0.717) is 11.6 Å². The van der Waals surface area contributed by atoms with E-state index in [4.69, 9.17) is 4.65 Å². The zero-order valence-electron chi connectivity index (χ0n) is 18.1. The van der Waals surface area contributed by atoms with E-state index in [-0.39, 0.29) is 6.01 Å². The van der Waals surface area contributed by atoms with Crippen molar-refractivity contribution in [1.29, 1.82) is 0 Å². The Morgan fingerprint density at radius 1 is 0.441 bits per heavy atom. The second-order valence-corrected chi connectivity index (χ2v) is 7.60. The van der Waals surface area contributed by atoms with Crippen LogP contribution in [0.25, 0.3) is 45.0 Å². The standard InChI is InChI=1S/C27H20BN3O3/c32-28(33)34-27-30-25(23-15-11-21(12-16-23)19-7-3-1-4-8-19)29-26(31-27)24-17-13-22(14-18-24)20-9-5-2-6-10-20/h1-18,32-33H. The first-order chi connectivity index (χ1) is 16.7. The molecule has 1 heterocycles. The average molecular weight is 445 g/mol. The molecule has 0 aliphatic rings. The van der Waals surface area contributed by atoms with Gasteiger partial charge < -0.3 is 14.7 Å². The Bertz CT molecular complexity index is 1280. The summed E-state index contributed by atoms with van der Waals surface area (Å²) in [5, 5.41) is 18.6. The lowest BCUT2D eigenvalue weighted by atomic mass is 10.0. The van der Waals surface area contributed by atoms with Gasteiger partial charge in [0.2, 0.25) is 0 Å². The maximum atomic E-state index is 9.29. The number of nitrogens with zero attached hydrogens (tertiary/aromatic N) is 3. The first-order valence-corrected chi connectivity index (χ1v) is 10.8. The summed E-state index contributed by atoms with van der Waals surface area (Å²) in [6.07, 6.45) is 0. The lowest BCUT2D eigenvalue weighted by Crippen LogP contribution is -2.22. The number of rotatable bonds is 6. The van der Waals surface area contributed by atoms with Crippen molar-refractivity contribution in [1.82, 2.24) is 15.0 Å². The summed E-state index contributed by atoms with van der Waals surface area (Å²) in [6.45, 7) is 0. The van der Waals surface area contributed by atoms with Gasteiger partial charge in [-0.05, 0) is 22.3 Å². The lowest BCUT2D eigenvalue weighted by molar-refractivity contribution is 0.278. The zero-order chi connectivity index (χ0) is 23.3. The summed E-state index contributed by atoms with van der Waals surface area (Å²) in [6, 6.07) is 35.6. The van der Waals surface area contributed by atoms with Gasteiger partial charge in [-0.15, -0.1) is 0 Å². The molecule has 0 amide bonds. The molecule has 34 heavy (non-hydrogen) atoms. The fourth-order valence-electron chi connectivity index (χ4n) is 3.65. The van der Waals surface area contributed by atoms with Gasteiger partial charge in [-0.3, -0.25) is 0 Å². The monoisotopic (exact) mass is 445 g/mol. The quantitative estimate of drug-likeness (QED) is 0.362. The highest BCUT2D eigenvalue weighted by Crippen LogP contribution is 2.27. The molecule has 0 atom stereocenters. The van der Waals surface area contributed by atoms with Crippen molar-refractivity contribution < 1.29 is 14.7 Å². The fraction of sp³-hybridized carbons (Fsp3) is 0. The van der Waals surface area contributed by atoms with Gasteiger partial charge in [0.05, 0.1) is 0 Å². The van der Waals surface area contributed by atoms with Crippen LogP contribution in [0.15, 0.2) is 109 Å². The molecule has 0 aliphatic heterocycles. The lowest BCUT2D eigenvalue weighted by Gasteiger charge is -2.10. The first-order valence-electron chi connectivity index (χ1n) is 10.8. The van der Waals surface area contributed by atoms with E-state index in [9.17, 15) is 10.0 Å². The summed E-state index contributed by atoms with van der Waals surface area (Å²) >= 11 is 0. The Morgan fingerprint density at radius 3 is 1.18 bits per heavy atom. The smallest absolute Gasteiger partial charge is 0.483 e. The second kappa shape index (κ2) is 9.66. The van der Waals surface area contributed by atoms with Crippen LogP contribution in [-0.2, 0) is 0 Å². The van der Waals surface area contributed by atoms with Crippen LogP contribution in [0.4, 0.5) is 0 Å². The Labute approximate surface area is 197 Å². The van der Waals surface area contributed by atoms with Crippen LogP contribution in [-0.4, -0.2) is 32.3 Å². The fourth-order valence-corrected chi connectivity index (χ4v) is 3.65. The molecule has 7 heteroatoms. The van der Waals surface area contributed by atoms with E-state index in [2.05, 4.69) is 15.0 Å². The number of hydrogen-bond donors (Lipinski definition) is 2. The van der Waals surface area contributed by atoms with E-state index >= 15 is 0 Å². The van der Waals surface area contributed by atoms with Crippen molar-refractivity contribution in [3.63, 3.8) is 0 Å². The first kappa shape index (κ1) is 21.5. The molecule has 0 saturated heterocycles. The van der Waals surface area contributed by atoms with Crippen LogP contribution in [0, 0.1) is 0 Å². The Kier molecular flexibility index (Phi) is 6.12. The minimum absolute atomic E-state index is 0.172. The van der Waals surface area contributed by atoms with Gasteiger partial charge in [0, 0.05) is 11.1 Å². The molecule has 0 saturated carbocycles. The molecule has 4 aromatic carbocycles. The van der Waals surface area contributed by atoms with Gasteiger partial charge in [-0.2, -0.15) is 9.97 Å². The van der Waals surface area contributed by atoms with E-state index in [0.717, 1.165) is 33.4 Å². The van der Waals surface area contributed by atoms with Crippen LogP contribution >= 0.6 is 0 Å². The molecule has 6 nitrogen and oxygen atoms in total. The van der Waals surface area contributed by atoms with Crippen molar-refractivity contribution in [3.8, 4) is 51.0 Å². The van der Waals surface area contributed by atoms with E-state index in [1.165, 1.54) is 0 Å². The normalized spacial score (nSPS) is 10.6. The maximum Gasteiger partial charge on any atom is 0.709 e. The summed E-state index contributed by atoms with van der Waals surface area (Å²) in [4.78, 5) is 13.2. The Morgan fingerprint density at radius 2 is 0.794 bits per heavy atom. The van der Waals surface area contributed by atoms with Crippen LogP contribution in [0.1, 0.15) is 0 Å². The number of benzene rings is 4. The van der Waals surface area contributed by atoms with Crippen LogP contribution in [0.2, 0.25) is 0 Å². The third-order valence-corrected chi connectivity index (χ3v) is 5.33. The number of hydrogen-bond acceptors (Lipinski definition) is 6. The van der Waals surface area contributed by atoms with Crippen molar-refractivity contribution in [2.45, 2.75) is 0 Å². The molecule has 0 fully saturated rings. The molecule has 2 N–H and O–H groups in total. The summed E-state index contributed by atoms with van der Waals surface area (Å²) in [5.41, 5.74) is 5.85. The zero-order valence-corrected chi connectivity index (χ0v) is 18.1. The molecule has 1 aromatic heterocycles. The molecule has 0 spiro atoms. The van der Waals surface area contributed by atoms with E-state index in [1.807, 2.05) is 109 Å². The minimum atomic E-state index is -2.04. The van der Waals surface area contributed by atoms with E-state index in [1.54, 1.807) is 0 Å². The molecular weight excluding hydrogens is 425 g/mol. The third kappa shape index (κ3) is 4.86. The average Bonchev–Trinajstić information content (AvgIpc) is 2.89. The SMILES string of the molecule is OB(O)Oc1nc(-c2ccc(-c3ccccc3)cc2)nc(-c2ccc(-c3ccccc3)cc2)n1. The van der Waals surface area contributed by atoms with Gasteiger partial charge in [0.25, 0.3) is 0 Å². The molecule has 0 unspecified atom stereocenters. The molecule has 0 radical (unpaired) electrons. The topological polar surface area (TPSA) is 88.4 Å². The van der Waals surface area contributed by atoms with Gasteiger partial charge >= 0.3 is 13.3 Å². The largest absolute Gasteiger partial charge is 0.709 e. The third-order valence-electron chi connectivity index (χ3n) is 5.33. The van der Waals surface area contributed by atoms with Gasteiger partial charge in [0.15, 0.2) is 11.6 Å². The molecule has 164 valence electrons. The predicted molar refractivity (Wildman–Crippen MR) is 132 cm³/mol. The summed E-state index contributed by atoms with van der Waals surface area (Å²) in [7, 11) is -2.04. The van der Waals surface area contributed by atoms with Gasteiger partial charge in [-0.1, -0.05) is 109 Å². The minimum Gasteiger partial charge on any atom is -0.483 e. The highest BCUT2D eigenvalue weighted by Gasteiger charge is 2.17. The van der Waals surface area contributed by atoms with Crippen LogP contribution in [0.3, 0.4) is 0 Å². The maximum absolute atomic E-state index is 9.29. The predicted octanol–water partition coefficient (Wildman–Crippen LogP) is 4.89. The van der Waals surface area contributed by atoms with Crippen molar-refractivity contribution in [3.05, 3.63) is 109 Å². The van der Waals surface area contributed by atoms with Gasteiger partial charge in [-0.25, -0.2) is 4.98 Å². The molecule has 0 aliphatic carbocycles. The molecule has 0 bridgehead atoms. The van der Waals surface area contributed by atoms with Crippen molar-refractivity contribution in [2.75, 3.05) is 0 Å². The van der Waals surface area contributed by atoms with Crippen LogP contribution < -0.4 is 4.65 Å². The van der Waals surface area contributed by atoms with Crippen molar-refractivity contribution >= 4 is 7.32 Å². The van der Waals surface area contributed by atoms with E-state index < -0.39 is 7.32 Å². The number of aromatic nitrogens is 3.